The van der Waals surface area contributed by atoms with Crippen molar-refractivity contribution in [2.24, 2.45) is 7.05 Å². The molecule has 0 spiro atoms. The molecule has 2 heterocycles. The van der Waals surface area contributed by atoms with Gasteiger partial charge in [0.05, 0.1) is 0 Å². The van der Waals surface area contributed by atoms with Gasteiger partial charge in [0.25, 0.3) is 0 Å². The van der Waals surface area contributed by atoms with E-state index in [1.807, 2.05) is 29.8 Å². The smallest absolute Gasteiger partial charge is 0.485 e. The zero-order valence-electron chi connectivity index (χ0n) is 20.5. The summed E-state index contributed by atoms with van der Waals surface area (Å²) < 4.78 is 60.9. The SMILES string of the molecule is C[n+]1ccc(-c2nc(-c3ccccc3)c(N(c3ccccc3)c3ccccc3)s2)cc1.O=S(=O)([O-])C(F)(F)F. The number of nitrogens with zero attached hydrogens (tertiary/aromatic N) is 3. The molecule has 0 aliphatic heterocycles. The lowest BCUT2D eigenvalue weighted by molar-refractivity contribution is -0.671. The Balaban J connectivity index is 0.000000386. The number of alkyl halides is 3. The van der Waals surface area contributed by atoms with E-state index < -0.39 is 15.6 Å². The number of halogens is 3. The van der Waals surface area contributed by atoms with E-state index >= 15 is 0 Å². The van der Waals surface area contributed by atoms with E-state index in [1.54, 1.807) is 11.3 Å². The van der Waals surface area contributed by atoms with Crippen LogP contribution in [-0.2, 0) is 17.2 Å². The van der Waals surface area contributed by atoms with Gasteiger partial charge >= 0.3 is 5.51 Å². The Hall–Kier alpha value is -4.06. The van der Waals surface area contributed by atoms with Crippen molar-refractivity contribution in [3.05, 3.63) is 116 Å². The first-order chi connectivity index (χ1) is 18.5. The topological polar surface area (TPSA) is 77.2 Å². The first-order valence-corrected chi connectivity index (χ1v) is 13.7. The van der Waals surface area contributed by atoms with Crippen LogP contribution in [0.25, 0.3) is 21.8 Å². The van der Waals surface area contributed by atoms with Gasteiger partial charge < -0.3 is 9.45 Å². The number of thiazole rings is 1. The Bertz CT molecular complexity index is 1570. The molecule has 0 amide bonds. The third kappa shape index (κ3) is 6.88. The minimum absolute atomic E-state index is 0.988. The van der Waals surface area contributed by atoms with E-state index in [1.165, 1.54) is 0 Å². The first-order valence-electron chi connectivity index (χ1n) is 11.5. The number of aryl methyl sites for hydroxylation is 1. The highest BCUT2D eigenvalue weighted by molar-refractivity contribution is 7.86. The molecule has 0 radical (unpaired) electrons. The molecule has 0 saturated carbocycles. The monoisotopic (exact) mass is 569 g/mol. The lowest BCUT2D eigenvalue weighted by Gasteiger charge is -2.24. The average Bonchev–Trinajstić information content (AvgIpc) is 3.35. The second kappa shape index (κ2) is 11.8. The van der Waals surface area contributed by atoms with Gasteiger partial charge in [0.15, 0.2) is 22.5 Å². The fourth-order valence-corrected chi connectivity index (χ4v) is 4.69. The van der Waals surface area contributed by atoms with Crippen LogP contribution in [-0.4, -0.2) is 23.5 Å². The number of hydrogen-bond acceptors (Lipinski definition) is 6. The van der Waals surface area contributed by atoms with Gasteiger partial charge in [0.2, 0.25) is 0 Å². The molecule has 11 heteroatoms. The highest BCUT2D eigenvalue weighted by Crippen LogP contribution is 2.46. The van der Waals surface area contributed by atoms with Crippen LogP contribution in [0.15, 0.2) is 116 Å². The number of hydrogen-bond donors (Lipinski definition) is 0. The van der Waals surface area contributed by atoms with Crippen molar-refractivity contribution in [3.8, 4) is 21.8 Å². The number of anilines is 3. The lowest BCUT2D eigenvalue weighted by atomic mass is 10.1. The van der Waals surface area contributed by atoms with Crippen molar-refractivity contribution in [3.63, 3.8) is 0 Å². The molecule has 0 N–H and O–H groups in total. The quantitative estimate of drug-likeness (QED) is 0.132. The van der Waals surface area contributed by atoms with Crippen LogP contribution in [0.2, 0.25) is 0 Å². The number of rotatable bonds is 5. The summed E-state index contributed by atoms with van der Waals surface area (Å²) in [5.41, 5.74) is -0.207. The van der Waals surface area contributed by atoms with Crippen molar-refractivity contribution >= 4 is 37.8 Å². The molecule has 39 heavy (non-hydrogen) atoms. The van der Waals surface area contributed by atoms with Crippen LogP contribution in [0, 0.1) is 0 Å². The zero-order chi connectivity index (χ0) is 28.0. The normalized spacial score (nSPS) is 11.4. The summed E-state index contributed by atoms with van der Waals surface area (Å²) in [5.74, 6) is 0. The van der Waals surface area contributed by atoms with Gasteiger partial charge in [-0.25, -0.2) is 18.0 Å². The number of benzene rings is 3. The summed E-state index contributed by atoms with van der Waals surface area (Å²) in [4.78, 5) is 7.42. The minimum atomic E-state index is -6.09. The fraction of sp³-hybridized carbons (Fsp3) is 0.0714. The van der Waals surface area contributed by atoms with E-state index in [4.69, 9.17) is 18.0 Å². The van der Waals surface area contributed by atoms with Gasteiger partial charge in [-0.3, -0.25) is 0 Å². The van der Waals surface area contributed by atoms with E-state index in [9.17, 15) is 13.2 Å². The summed E-state index contributed by atoms with van der Waals surface area (Å²) in [6, 6.07) is 35.6. The van der Waals surface area contributed by atoms with Crippen LogP contribution < -0.4 is 9.47 Å². The molecular formula is C28H22F3N3O3S2. The van der Waals surface area contributed by atoms with Gasteiger partial charge in [-0.2, -0.15) is 13.2 Å². The molecule has 0 unspecified atom stereocenters. The van der Waals surface area contributed by atoms with Crippen molar-refractivity contribution in [1.29, 1.82) is 0 Å². The zero-order valence-corrected chi connectivity index (χ0v) is 22.1. The van der Waals surface area contributed by atoms with Gasteiger partial charge in [0.1, 0.15) is 22.8 Å². The van der Waals surface area contributed by atoms with Gasteiger partial charge in [0, 0.05) is 34.6 Å². The molecule has 200 valence electrons. The fourth-order valence-electron chi connectivity index (χ4n) is 3.55. The molecule has 0 aliphatic rings. The third-order valence-corrected chi connectivity index (χ3v) is 7.05. The van der Waals surface area contributed by atoms with Crippen LogP contribution in [0.4, 0.5) is 29.5 Å². The molecular weight excluding hydrogens is 547 g/mol. The number of aromatic nitrogens is 2. The second-order valence-electron chi connectivity index (χ2n) is 8.20. The Morgan fingerprint density at radius 2 is 1.21 bits per heavy atom. The maximum Gasteiger partial charge on any atom is 0.485 e. The van der Waals surface area contributed by atoms with Crippen LogP contribution >= 0.6 is 11.3 Å². The van der Waals surface area contributed by atoms with Gasteiger partial charge in [-0.05, 0) is 24.3 Å². The Morgan fingerprint density at radius 3 is 1.64 bits per heavy atom. The maximum atomic E-state index is 10.7. The minimum Gasteiger partial charge on any atom is -0.741 e. The molecule has 3 aromatic carbocycles. The summed E-state index contributed by atoms with van der Waals surface area (Å²) >= 11 is 1.72. The van der Waals surface area contributed by atoms with E-state index in [-0.39, 0.29) is 0 Å². The summed E-state index contributed by atoms with van der Waals surface area (Å²) in [7, 11) is -4.06. The molecule has 6 nitrogen and oxygen atoms in total. The van der Waals surface area contributed by atoms with Crippen LogP contribution in [0.1, 0.15) is 0 Å². The van der Waals surface area contributed by atoms with Gasteiger partial charge in [-0.15, -0.1) is 0 Å². The molecule has 5 aromatic rings. The summed E-state index contributed by atoms with van der Waals surface area (Å²) in [6.07, 6.45) is 4.12. The largest absolute Gasteiger partial charge is 0.741 e. The van der Waals surface area contributed by atoms with Crippen LogP contribution in [0.3, 0.4) is 0 Å². The van der Waals surface area contributed by atoms with E-state index in [2.05, 4.69) is 102 Å². The van der Waals surface area contributed by atoms with E-state index in [0.717, 1.165) is 38.2 Å². The molecule has 0 aliphatic carbocycles. The Morgan fingerprint density at radius 1 is 0.769 bits per heavy atom. The first kappa shape index (κ1) is 28.0. The lowest BCUT2D eigenvalue weighted by Crippen LogP contribution is -2.25. The molecule has 2 aromatic heterocycles. The maximum absolute atomic E-state index is 10.7. The molecule has 5 rings (SSSR count). The Labute approximate surface area is 228 Å². The third-order valence-electron chi connectivity index (χ3n) is 5.40. The predicted molar refractivity (Wildman–Crippen MR) is 145 cm³/mol. The summed E-state index contributed by atoms with van der Waals surface area (Å²) in [6.45, 7) is 0. The average molecular weight is 570 g/mol. The van der Waals surface area contributed by atoms with E-state index in [0.29, 0.717) is 0 Å². The number of pyridine rings is 1. The molecule has 0 fully saturated rings. The highest BCUT2D eigenvalue weighted by atomic mass is 32.2. The number of para-hydroxylation sites is 2. The van der Waals surface area contributed by atoms with Crippen molar-refractivity contribution in [2.45, 2.75) is 5.51 Å². The molecule has 0 bridgehead atoms. The molecule has 0 saturated heterocycles. The van der Waals surface area contributed by atoms with Crippen molar-refractivity contribution < 1.29 is 30.7 Å². The Kier molecular flexibility index (Phi) is 8.44. The van der Waals surface area contributed by atoms with Crippen molar-refractivity contribution in [1.82, 2.24) is 4.98 Å². The predicted octanol–water partition coefficient (Wildman–Crippen LogP) is 6.82. The summed E-state index contributed by atoms with van der Waals surface area (Å²) in [5, 5.41) is 2.11. The molecule has 0 atom stereocenters. The second-order valence-corrected chi connectivity index (χ2v) is 10.5. The standard InChI is InChI=1S/C27H22N3S.CHF3O3S/c1-29-19-17-22(18-20-29)26-28-25(21-11-5-2-6-12-21)27(31-26)30(23-13-7-3-8-14-23)24-15-9-4-10-16-24;2-1(3,4)8(5,6)7/h2-20H,1H3;(H,5,6,7)/q+1;/p-1. The van der Waals surface area contributed by atoms with Gasteiger partial charge in [-0.1, -0.05) is 78.1 Å². The van der Waals surface area contributed by atoms with Crippen molar-refractivity contribution in [2.75, 3.05) is 4.90 Å². The van der Waals surface area contributed by atoms with Crippen LogP contribution in [0.5, 0.6) is 0 Å². The highest BCUT2D eigenvalue weighted by Gasteiger charge is 2.37.